The van der Waals surface area contributed by atoms with E-state index in [1.165, 1.54) is 5.56 Å². The van der Waals surface area contributed by atoms with Crippen LogP contribution in [0.25, 0.3) is 0 Å². The van der Waals surface area contributed by atoms with E-state index in [-0.39, 0.29) is 11.8 Å². The largest absolute Gasteiger partial charge is 0.379 e. The van der Waals surface area contributed by atoms with Crippen LogP contribution in [0.3, 0.4) is 0 Å². The highest BCUT2D eigenvalue weighted by Gasteiger charge is 2.16. The van der Waals surface area contributed by atoms with Crippen LogP contribution < -0.4 is 15.5 Å². The van der Waals surface area contributed by atoms with Crippen molar-refractivity contribution in [1.82, 2.24) is 10.2 Å². The maximum atomic E-state index is 12.9. The fourth-order valence-electron chi connectivity index (χ4n) is 3.53. The lowest BCUT2D eigenvalue weighted by molar-refractivity contribution is 0.0383. The molecule has 1 aliphatic rings. The molecule has 0 aliphatic carbocycles. The van der Waals surface area contributed by atoms with Gasteiger partial charge in [0.15, 0.2) is 0 Å². The highest BCUT2D eigenvalue weighted by molar-refractivity contribution is 6.06. The van der Waals surface area contributed by atoms with Gasteiger partial charge in [0.25, 0.3) is 11.8 Å². The lowest BCUT2D eigenvalue weighted by Crippen LogP contribution is -2.41. The zero-order chi connectivity index (χ0) is 22.2. The highest BCUT2D eigenvalue weighted by atomic mass is 16.5. The topological polar surface area (TPSA) is 73.9 Å². The monoisotopic (exact) mass is 424 g/mol. The summed E-state index contributed by atoms with van der Waals surface area (Å²) in [5.41, 5.74) is 3.70. The first-order valence-corrected chi connectivity index (χ1v) is 10.8. The van der Waals surface area contributed by atoms with Crippen LogP contribution in [0.4, 0.5) is 11.4 Å². The summed E-state index contributed by atoms with van der Waals surface area (Å²) in [6, 6.07) is 13.0. The van der Waals surface area contributed by atoms with E-state index < -0.39 is 0 Å². The molecule has 1 saturated heterocycles. The van der Waals surface area contributed by atoms with Crippen molar-refractivity contribution in [3.8, 4) is 0 Å². The number of morpholine rings is 1. The molecular formula is C24H32N4O3. The Kier molecular flexibility index (Phi) is 8.03. The number of ether oxygens (including phenoxy) is 1. The van der Waals surface area contributed by atoms with Crippen LogP contribution in [-0.4, -0.2) is 70.2 Å². The minimum atomic E-state index is -0.195. The third-order valence-corrected chi connectivity index (χ3v) is 5.42. The number of carbonyl (C=O) groups excluding carboxylic acids is 2. The van der Waals surface area contributed by atoms with Gasteiger partial charge in [-0.1, -0.05) is 19.1 Å². The molecule has 2 aromatic carbocycles. The van der Waals surface area contributed by atoms with E-state index in [1.807, 2.05) is 55.4 Å². The van der Waals surface area contributed by atoms with E-state index in [1.54, 1.807) is 6.07 Å². The fourth-order valence-corrected chi connectivity index (χ4v) is 3.53. The molecule has 0 aromatic heterocycles. The van der Waals surface area contributed by atoms with Gasteiger partial charge < -0.3 is 20.3 Å². The van der Waals surface area contributed by atoms with Gasteiger partial charge in [0.1, 0.15) is 0 Å². The molecule has 0 atom stereocenters. The zero-order valence-electron chi connectivity index (χ0n) is 18.6. The molecule has 0 radical (unpaired) electrons. The molecule has 2 amide bonds. The van der Waals surface area contributed by atoms with E-state index in [9.17, 15) is 9.59 Å². The summed E-state index contributed by atoms with van der Waals surface area (Å²) in [7, 11) is 3.79. The van der Waals surface area contributed by atoms with E-state index >= 15 is 0 Å². The third kappa shape index (κ3) is 6.29. The summed E-state index contributed by atoms with van der Waals surface area (Å²) in [5.74, 6) is -0.348. The molecule has 0 saturated carbocycles. The molecule has 3 rings (SSSR count). The number of hydrogen-bond acceptors (Lipinski definition) is 5. The maximum Gasteiger partial charge on any atom is 0.255 e. The molecule has 0 unspecified atom stereocenters. The number of nitrogens with zero attached hydrogens (tertiary/aromatic N) is 2. The van der Waals surface area contributed by atoms with Crippen molar-refractivity contribution in [1.29, 1.82) is 0 Å². The van der Waals surface area contributed by atoms with Crippen molar-refractivity contribution < 1.29 is 14.3 Å². The highest BCUT2D eigenvalue weighted by Crippen LogP contribution is 2.23. The van der Waals surface area contributed by atoms with Crippen molar-refractivity contribution >= 4 is 23.2 Å². The molecular weight excluding hydrogens is 392 g/mol. The van der Waals surface area contributed by atoms with E-state index in [0.717, 1.165) is 45.0 Å². The number of anilines is 2. The average Bonchev–Trinajstić information content (AvgIpc) is 2.79. The summed E-state index contributed by atoms with van der Waals surface area (Å²) in [6.45, 7) is 6.68. The number of nitrogens with one attached hydrogen (secondary N) is 2. The number of benzene rings is 2. The Morgan fingerprint density at radius 2 is 1.74 bits per heavy atom. The minimum Gasteiger partial charge on any atom is -0.379 e. The Morgan fingerprint density at radius 1 is 1.03 bits per heavy atom. The van der Waals surface area contributed by atoms with Crippen LogP contribution in [-0.2, 0) is 11.2 Å². The molecule has 0 bridgehead atoms. The number of carbonyl (C=O) groups is 2. The van der Waals surface area contributed by atoms with Crippen molar-refractivity contribution in [2.24, 2.45) is 0 Å². The second-order valence-electron chi connectivity index (χ2n) is 7.84. The van der Waals surface area contributed by atoms with Crippen LogP contribution in [0, 0.1) is 0 Å². The van der Waals surface area contributed by atoms with Crippen molar-refractivity contribution in [2.45, 2.75) is 13.3 Å². The lowest BCUT2D eigenvalue weighted by Gasteiger charge is -2.26. The molecule has 31 heavy (non-hydrogen) atoms. The normalized spacial score (nSPS) is 14.2. The smallest absolute Gasteiger partial charge is 0.255 e. The molecule has 166 valence electrons. The van der Waals surface area contributed by atoms with E-state index in [0.29, 0.717) is 23.4 Å². The Labute approximate surface area is 184 Å². The van der Waals surface area contributed by atoms with E-state index in [2.05, 4.69) is 22.5 Å². The first kappa shape index (κ1) is 22.8. The summed E-state index contributed by atoms with van der Waals surface area (Å²) >= 11 is 0. The van der Waals surface area contributed by atoms with Gasteiger partial charge >= 0.3 is 0 Å². The van der Waals surface area contributed by atoms with Crippen LogP contribution in [0.2, 0.25) is 0 Å². The van der Waals surface area contributed by atoms with Crippen molar-refractivity contribution in [3.63, 3.8) is 0 Å². The first-order valence-electron chi connectivity index (χ1n) is 10.8. The molecule has 1 fully saturated rings. The number of hydrogen-bond donors (Lipinski definition) is 2. The number of amides is 2. The second kappa shape index (κ2) is 10.9. The van der Waals surface area contributed by atoms with Gasteiger partial charge in [-0.25, -0.2) is 0 Å². The minimum absolute atomic E-state index is 0.152. The molecule has 1 aliphatic heterocycles. The molecule has 2 N–H and O–H groups in total. The second-order valence-corrected chi connectivity index (χ2v) is 7.84. The van der Waals surface area contributed by atoms with E-state index in [4.69, 9.17) is 4.74 Å². The Balaban J connectivity index is 1.67. The van der Waals surface area contributed by atoms with Crippen LogP contribution in [0.1, 0.15) is 33.2 Å². The van der Waals surface area contributed by atoms with Gasteiger partial charge in [0.05, 0.1) is 18.8 Å². The average molecular weight is 425 g/mol. The summed E-state index contributed by atoms with van der Waals surface area (Å²) in [5, 5.41) is 5.91. The predicted molar refractivity (Wildman–Crippen MR) is 124 cm³/mol. The van der Waals surface area contributed by atoms with Gasteiger partial charge in [-0.05, 0) is 42.3 Å². The molecule has 0 spiro atoms. The molecule has 2 aromatic rings. The van der Waals surface area contributed by atoms with Gasteiger partial charge in [0, 0.05) is 57.2 Å². The number of rotatable bonds is 8. The standard InChI is InChI=1S/C24H32N4O3/c1-4-18-5-7-19(8-6-18)23(29)26-20-9-10-22(27(2)3)21(17-20)24(30)25-11-12-28-13-15-31-16-14-28/h5-10,17H,4,11-16H2,1-3H3,(H,25,30)(H,26,29). The maximum absolute atomic E-state index is 12.9. The Morgan fingerprint density at radius 3 is 2.39 bits per heavy atom. The Hall–Kier alpha value is -2.90. The summed E-state index contributed by atoms with van der Waals surface area (Å²) < 4.78 is 5.36. The quantitative estimate of drug-likeness (QED) is 0.682. The van der Waals surface area contributed by atoms with Gasteiger partial charge in [-0.3, -0.25) is 14.5 Å². The van der Waals surface area contributed by atoms with Crippen molar-refractivity contribution in [3.05, 3.63) is 59.2 Å². The lowest BCUT2D eigenvalue weighted by atomic mass is 10.1. The number of aryl methyl sites for hydroxylation is 1. The first-order chi connectivity index (χ1) is 15.0. The molecule has 1 heterocycles. The van der Waals surface area contributed by atoms with Crippen molar-refractivity contribution in [2.75, 3.05) is 63.7 Å². The fraction of sp³-hybridized carbons (Fsp3) is 0.417. The summed E-state index contributed by atoms with van der Waals surface area (Å²) in [4.78, 5) is 29.7. The predicted octanol–water partition coefficient (Wildman–Crippen LogP) is 2.63. The van der Waals surface area contributed by atoms with Crippen LogP contribution >= 0.6 is 0 Å². The summed E-state index contributed by atoms with van der Waals surface area (Å²) in [6.07, 6.45) is 0.928. The van der Waals surface area contributed by atoms with Crippen LogP contribution in [0.5, 0.6) is 0 Å². The van der Waals surface area contributed by atoms with Gasteiger partial charge in [0.2, 0.25) is 0 Å². The Bertz CT molecular complexity index is 890. The SMILES string of the molecule is CCc1ccc(C(=O)Nc2ccc(N(C)C)c(C(=O)NCCN3CCOCC3)c2)cc1. The van der Waals surface area contributed by atoms with Gasteiger partial charge in [-0.2, -0.15) is 0 Å². The zero-order valence-corrected chi connectivity index (χ0v) is 18.6. The van der Waals surface area contributed by atoms with Gasteiger partial charge in [-0.15, -0.1) is 0 Å². The van der Waals surface area contributed by atoms with Crippen LogP contribution in [0.15, 0.2) is 42.5 Å². The third-order valence-electron chi connectivity index (χ3n) is 5.42. The molecule has 7 heteroatoms. The molecule has 7 nitrogen and oxygen atoms in total.